The van der Waals surface area contributed by atoms with Crippen molar-refractivity contribution in [3.05, 3.63) is 23.8 Å². The first-order valence-corrected chi connectivity index (χ1v) is 10.7. The maximum absolute atomic E-state index is 12.8. The Bertz CT molecular complexity index is 681. The van der Waals surface area contributed by atoms with Crippen LogP contribution in [0.2, 0.25) is 0 Å². The molecule has 0 radical (unpaired) electrons. The molecule has 1 saturated carbocycles. The third-order valence-corrected chi connectivity index (χ3v) is 6.41. The van der Waals surface area contributed by atoms with Gasteiger partial charge in [-0.1, -0.05) is 18.9 Å². The number of nitrogens with zero attached hydrogens (tertiary/aromatic N) is 1. The molecule has 28 heavy (non-hydrogen) atoms. The Kier molecular flexibility index (Phi) is 5.95. The fourth-order valence-corrected chi connectivity index (χ4v) is 4.74. The summed E-state index contributed by atoms with van der Waals surface area (Å²) < 4.78 is 17.2. The number of rotatable bonds is 6. The minimum absolute atomic E-state index is 0.0156. The van der Waals surface area contributed by atoms with E-state index in [9.17, 15) is 4.79 Å². The molecule has 0 aromatic heterocycles. The first kappa shape index (κ1) is 19.4. The first-order chi connectivity index (χ1) is 13.7. The topological polar surface area (TPSA) is 60.0 Å². The summed E-state index contributed by atoms with van der Waals surface area (Å²) in [6.45, 7) is 6.08. The van der Waals surface area contributed by atoms with Crippen molar-refractivity contribution in [2.24, 2.45) is 0 Å². The average molecular weight is 389 g/mol. The number of carbonyl (C=O) groups is 1. The lowest BCUT2D eigenvalue weighted by Crippen LogP contribution is -2.47. The molecule has 1 aromatic carbocycles. The van der Waals surface area contributed by atoms with Crippen LogP contribution in [0.1, 0.15) is 51.0 Å². The number of fused-ring (bicyclic) bond motifs is 1. The summed E-state index contributed by atoms with van der Waals surface area (Å²) in [5.74, 6) is 1.65. The van der Waals surface area contributed by atoms with Crippen LogP contribution >= 0.6 is 0 Å². The molecule has 2 aliphatic heterocycles. The second kappa shape index (κ2) is 8.60. The smallest absolute Gasteiger partial charge is 0.317 e. The molecule has 3 aliphatic rings. The van der Waals surface area contributed by atoms with Crippen molar-refractivity contribution in [2.45, 2.75) is 57.0 Å². The van der Waals surface area contributed by atoms with Gasteiger partial charge in [0.25, 0.3) is 0 Å². The van der Waals surface area contributed by atoms with Crippen molar-refractivity contribution in [3.8, 4) is 11.5 Å². The maximum atomic E-state index is 12.8. The lowest BCUT2D eigenvalue weighted by Gasteiger charge is -2.33. The van der Waals surface area contributed by atoms with Gasteiger partial charge in [-0.15, -0.1) is 0 Å². The van der Waals surface area contributed by atoms with Crippen molar-refractivity contribution < 1.29 is 19.0 Å². The van der Waals surface area contributed by atoms with E-state index in [1.807, 2.05) is 17.9 Å². The standard InChI is InChI=1S/C22H32N2O4/c1-2-24(15-18-6-5-11-26-18)21(25)23-16-22(9-3-4-10-22)17-7-8-19-20(14-17)28-13-12-27-19/h7-8,14,18H,2-6,9-13,15-16H2,1H3,(H,23,25). The fourth-order valence-electron chi connectivity index (χ4n) is 4.74. The van der Waals surface area contributed by atoms with Crippen LogP contribution in [0.25, 0.3) is 0 Å². The van der Waals surface area contributed by atoms with Gasteiger partial charge in [0.15, 0.2) is 11.5 Å². The predicted octanol–water partition coefficient (Wildman–Crippen LogP) is 3.48. The van der Waals surface area contributed by atoms with E-state index >= 15 is 0 Å². The monoisotopic (exact) mass is 388 g/mol. The number of nitrogens with one attached hydrogen (secondary N) is 1. The third kappa shape index (κ3) is 4.07. The van der Waals surface area contributed by atoms with Crippen LogP contribution in [0.5, 0.6) is 11.5 Å². The lowest BCUT2D eigenvalue weighted by atomic mass is 9.78. The summed E-state index contributed by atoms with van der Waals surface area (Å²) in [4.78, 5) is 14.7. The Morgan fingerprint density at radius 1 is 1.14 bits per heavy atom. The second-order valence-electron chi connectivity index (χ2n) is 8.18. The number of carbonyl (C=O) groups excluding carboxylic acids is 1. The number of amides is 2. The molecule has 4 rings (SSSR count). The van der Waals surface area contributed by atoms with Gasteiger partial charge in [-0.05, 0) is 50.3 Å². The van der Waals surface area contributed by atoms with E-state index < -0.39 is 0 Å². The normalized spacial score (nSPS) is 22.8. The zero-order chi connectivity index (χ0) is 19.4. The summed E-state index contributed by atoms with van der Waals surface area (Å²) in [5.41, 5.74) is 1.23. The highest BCUT2D eigenvalue weighted by Gasteiger charge is 2.37. The van der Waals surface area contributed by atoms with E-state index in [0.717, 1.165) is 43.8 Å². The highest BCUT2D eigenvalue weighted by molar-refractivity contribution is 5.74. The molecule has 0 bridgehead atoms. The number of hydrogen-bond acceptors (Lipinski definition) is 4. The molecule has 1 saturated heterocycles. The van der Waals surface area contributed by atoms with Crippen molar-refractivity contribution in [2.75, 3.05) is 39.5 Å². The van der Waals surface area contributed by atoms with Crippen molar-refractivity contribution in [1.82, 2.24) is 10.2 Å². The van der Waals surface area contributed by atoms with Gasteiger partial charge in [0.05, 0.1) is 6.10 Å². The van der Waals surface area contributed by atoms with Gasteiger partial charge in [-0.2, -0.15) is 0 Å². The summed E-state index contributed by atoms with van der Waals surface area (Å²) in [7, 11) is 0. The van der Waals surface area contributed by atoms with E-state index in [-0.39, 0.29) is 17.6 Å². The van der Waals surface area contributed by atoms with Crippen LogP contribution in [0.3, 0.4) is 0 Å². The number of likely N-dealkylation sites (N-methyl/N-ethyl adjacent to an activating group) is 1. The molecule has 1 N–H and O–H groups in total. The van der Waals surface area contributed by atoms with Gasteiger partial charge in [-0.3, -0.25) is 0 Å². The molecule has 2 heterocycles. The molecule has 2 amide bonds. The minimum atomic E-state index is -0.0191. The first-order valence-electron chi connectivity index (χ1n) is 10.7. The zero-order valence-corrected chi connectivity index (χ0v) is 16.9. The van der Waals surface area contributed by atoms with Crippen LogP contribution in [-0.4, -0.2) is 56.5 Å². The fraction of sp³-hybridized carbons (Fsp3) is 0.682. The largest absolute Gasteiger partial charge is 0.486 e. The van der Waals surface area contributed by atoms with Gasteiger partial charge >= 0.3 is 6.03 Å². The van der Waals surface area contributed by atoms with Crippen molar-refractivity contribution in [1.29, 1.82) is 0 Å². The van der Waals surface area contributed by atoms with E-state index in [2.05, 4.69) is 17.4 Å². The van der Waals surface area contributed by atoms with Crippen molar-refractivity contribution >= 4 is 6.03 Å². The Labute approximate surface area is 167 Å². The predicted molar refractivity (Wildman–Crippen MR) is 107 cm³/mol. The zero-order valence-electron chi connectivity index (χ0n) is 16.9. The molecular weight excluding hydrogens is 356 g/mol. The van der Waals surface area contributed by atoms with Crippen LogP contribution in [0, 0.1) is 0 Å². The number of urea groups is 1. The lowest BCUT2D eigenvalue weighted by molar-refractivity contribution is 0.0823. The Hall–Kier alpha value is -1.95. The molecule has 1 aliphatic carbocycles. The van der Waals surface area contributed by atoms with Gasteiger partial charge in [0, 0.05) is 31.7 Å². The maximum Gasteiger partial charge on any atom is 0.317 e. The summed E-state index contributed by atoms with van der Waals surface area (Å²) in [5, 5.41) is 3.23. The second-order valence-corrected chi connectivity index (χ2v) is 8.18. The molecule has 0 spiro atoms. The molecule has 1 unspecified atom stereocenters. The van der Waals surface area contributed by atoms with Crippen molar-refractivity contribution in [3.63, 3.8) is 0 Å². The molecule has 1 atom stereocenters. The van der Waals surface area contributed by atoms with Crippen LogP contribution < -0.4 is 14.8 Å². The van der Waals surface area contributed by atoms with E-state index in [4.69, 9.17) is 14.2 Å². The highest BCUT2D eigenvalue weighted by atomic mass is 16.6. The van der Waals surface area contributed by atoms with Gasteiger partial charge < -0.3 is 24.4 Å². The number of ether oxygens (including phenoxy) is 3. The molecule has 6 heteroatoms. The Morgan fingerprint density at radius 2 is 1.93 bits per heavy atom. The van der Waals surface area contributed by atoms with E-state index in [0.29, 0.717) is 32.8 Å². The van der Waals surface area contributed by atoms with Gasteiger partial charge in [0.1, 0.15) is 13.2 Å². The highest BCUT2D eigenvalue weighted by Crippen LogP contribution is 2.43. The number of benzene rings is 1. The molecule has 154 valence electrons. The average Bonchev–Trinajstić information content (AvgIpc) is 3.42. The van der Waals surface area contributed by atoms with Crippen LogP contribution in [0.15, 0.2) is 18.2 Å². The van der Waals surface area contributed by atoms with Crippen LogP contribution in [-0.2, 0) is 10.2 Å². The Balaban J connectivity index is 1.43. The van der Waals surface area contributed by atoms with Crippen LogP contribution in [0.4, 0.5) is 4.79 Å². The number of hydrogen-bond donors (Lipinski definition) is 1. The van der Waals surface area contributed by atoms with E-state index in [1.54, 1.807) is 0 Å². The molecule has 2 fully saturated rings. The molecule has 1 aromatic rings. The SMILES string of the molecule is CCN(CC1CCCO1)C(=O)NCC1(c2ccc3c(c2)OCCO3)CCCC1. The van der Waals surface area contributed by atoms with E-state index in [1.165, 1.54) is 18.4 Å². The van der Waals surface area contributed by atoms with Gasteiger partial charge in [-0.25, -0.2) is 4.79 Å². The quantitative estimate of drug-likeness (QED) is 0.811. The van der Waals surface area contributed by atoms with Gasteiger partial charge in [0.2, 0.25) is 0 Å². The minimum Gasteiger partial charge on any atom is -0.486 e. The molecular formula is C22H32N2O4. The summed E-state index contributed by atoms with van der Waals surface area (Å²) >= 11 is 0. The summed E-state index contributed by atoms with van der Waals surface area (Å²) in [6, 6.07) is 6.30. The summed E-state index contributed by atoms with van der Waals surface area (Å²) in [6.07, 6.45) is 6.89. The molecule has 6 nitrogen and oxygen atoms in total. The Morgan fingerprint density at radius 3 is 2.64 bits per heavy atom. The third-order valence-electron chi connectivity index (χ3n) is 6.41.